The normalized spacial score (nSPS) is 28.6. The Labute approximate surface area is 161 Å². The third-order valence-electron chi connectivity index (χ3n) is 6.28. The van der Waals surface area contributed by atoms with E-state index in [-0.39, 0.29) is 17.5 Å². The van der Waals surface area contributed by atoms with Gasteiger partial charge in [0.1, 0.15) is 0 Å². The molecule has 27 heavy (non-hydrogen) atoms. The number of amides is 2. The number of aromatic nitrogens is 2. The summed E-state index contributed by atoms with van der Waals surface area (Å²) in [6, 6.07) is 1.08. The molecule has 0 aromatic carbocycles. The minimum atomic E-state index is -0.423. The van der Waals surface area contributed by atoms with E-state index < -0.39 is 6.03 Å². The first-order chi connectivity index (χ1) is 12.9. The fourth-order valence-corrected chi connectivity index (χ4v) is 4.60. The lowest BCUT2D eigenvalue weighted by atomic mass is 9.75. The standard InChI is InChI=1S/C20H33N5O2/c1-13-3-5-15(6-4-13)12-16-7-9-17(10-8-16)23-20(27)25(21)19-22-14(2)11-18(26)24-19/h11,13,15-17H,3-10,12,21H2,1-2H3,(H,23,27)(H,22,24,26). The zero-order chi connectivity index (χ0) is 19.4. The summed E-state index contributed by atoms with van der Waals surface area (Å²) in [6.07, 6.45) is 11.2. The predicted octanol–water partition coefficient (Wildman–Crippen LogP) is 3.24. The Kier molecular flexibility index (Phi) is 6.52. The maximum absolute atomic E-state index is 12.4. The molecular formula is C20H33N5O2. The third-order valence-corrected chi connectivity index (χ3v) is 6.28. The first-order valence-electron chi connectivity index (χ1n) is 10.3. The van der Waals surface area contributed by atoms with Gasteiger partial charge in [0.05, 0.1) is 0 Å². The summed E-state index contributed by atoms with van der Waals surface area (Å²) in [5.41, 5.74) is 0.202. The molecule has 0 aliphatic heterocycles. The molecule has 0 atom stereocenters. The number of rotatable bonds is 4. The molecule has 150 valence electrons. The van der Waals surface area contributed by atoms with Crippen LogP contribution in [-0.2, 0) is 0 Å². The van der Waals surface area contributed by atoms with E-state index in [9.17, 15) is 9.59 Å². The Morgan fingerprint density at radius 2 is 1.78 bits per heavy atom. The quantitative estimate of drug-likeness (QED) is 0.427. The average Bonchev–Trinajstić information content (AvgIpc) is 2.63. The number of aromatic amines is 1. The molecule has 7 heteroatoms. The summed E-state index contributed by atoms with van der Waals surface area (Å²) in [4.78, 5) is 30.5. The number of H-pyrrole nitrogens is 1. The lowest BCUT2D eigenvalue weighted by Crippen LogP contribution is -2.50. The van der Waals surface area contributed by atoms with Crippen LogP contribution in [0.2, 0.25) is 0 Å². The zero-order valence-corrected chi connectivity index (χ0v) is 16.5. The van der Waals surface area contributed by atoms with Crippen LogP contribution in [0.4, 0.5) is 10.7 Å². The van der Waals surface area contributed by atoms with Crippen molar-refractivity contribution in [1.82, 2.24) is 15.3 Å². The van der Waals surface area contributed by atoms with Gasteiger partial charge in [-0.2, -0.15) is 5.01 Å². The first-order valence-corrected chi connectivity index (χ1v) is 10.3. The SMILES string of the molecule is Cc1cc(=O)[nH]c(N(N)C(=O)NC2CCC(CC3CCC(C)CC3)CC2)n1. The summed E-state index contributed by atoms with van der Waals surface area (Å²) >= 11 is 0. The molecule has 2 aliphatic rings. The molecule has 4 N–H and O–H groups in total. The molecule has 1 heterocycles. The van der Waals surface area contributed by atoms with Crippen LogP contribution in [-0.4, -0.2) is 22.0 Å². The highest BCUT2D eigenvalue weighted by atomic mass is 16.2. The summed E-state index contributed by atoms with van der Waals surface area (Å²) in [5, 5.41) is 3.88. The second-order valence-corrected chi connectivity index (χ2v) is 8.61. The Balaban J connectivity index is 1.44. The van der Waals surface area contributed by atoms with Gasteiger partial charge in [0.2, 0.25) is 5.95 Å². The molecule has 2 aliphatic carbocycles. The number of hydrogen-bond acceptors (Lipinski definition) is 4. The van der Waals surface area contributed by atoms with Crippen molar-refractivity contribution in [2.45, 2.75) is 77.7 Å². The molecule has 0 spiro atoms. The summed E-state index contributed by atoms with van der Waals surface area (Å²) in [7, 11) is 0. The van der Waals surface area contributed by atoms with E-state index >= 15 is 0 Å². The monoisotopic (exact) mass is 375 g/mol. The fraction of sp³-hybridized carbons (Fsp3) is 0.750. The molecule has 0 bridgehead atoms. The number of carbonyl (C=O) groups excluding carboxylic acids is 1. The molecule has 1 aromatic heterocycles. The zero-order valence-electron chi connectivity index (χ0n) is 16.5. The van der Waals surface area contributed by atoms with Crippen LogP contribution in [0, 0.1) is 24.7 Å². The van der Waals surface area contributed by atoms with Crippen molar-refractivity contribution in [3.05, 3.63) is 22.1 Å². The fourth-order valence-electron chi connectivity index (χ4n) is 4.60. The van der Waals surface area contributed by atoms with Crippen LogP contribution in [0.3, 0.4) is 0 Å². The van der Waals surface area contributed by atoms with Crippen LogP contribution in [0.15, 0.2) is 10.9 Å². The summed E-state index contributed by atoms with van der Waals surface area (Å²) < 4.78 is 0. The first kappa shape index (κ1) is 19.9. The van der Waals surface area contributed by atoms with Gasteiger partial charge in [-0.15, -0.1) is 0 Å². The topological polar surface area (TPSA) is 104 Å². The lowest BCUT2D eigenvalue weighted by molar-refractivity contribution is 0.200. The summed E-state index contributed by atoms with van der Waals surface area (Å²) in [6.45, 7) is 4.06. The highest BCUT2D eigenvalue weighted by Gasteiger charge is 2.27. The predicted molar refractivity (Wildman–Crippen MR) is 106 cm³/mol. The van der Waals surface area contributed by atoms with Gasteiger partial charge in [0, 0.05) is 17.8 Å². The second-order valence-electron chi connectivity index (χ2n) is 8.61. The van der Waals surface area contributed by atoms with Gasteiger partial charge in [-0.3, -0.25) is 9.78 Å². The highest BCUT2D eigenvalue weighted by molar-refractivity contribution is 5.88. The number of anilines is 1. The van der Waals surface area contributed by atoms with Gasteiger partial charge in [0.15, 0.2) is 0 Å². The number of nitrogens with zero attached hydrogens (tertiary/aromatic N) is 2. The molecule has 0 radical (unpaired) electrons. The Bertz CT molecular complexity index is 688. The van der Waals surface area contributed by atoms with Crippen molar-refractivity contribution in [3.63, 3.8) is 0 Å². The van der Waals surface area contributed by atoms with Gasteiger partial charge in [-0.05, 0) is 56.8 Å². The van der Waals surface area contributed by atoms with E-state index in [1.54, 1.807) is 6.92 Å². The molecule has 3 rings (SSSR count). The average molecular weight is 376 g/mol. The number of urea groups is 1. The lowest BCUT2D eigenvalue weighted by Gasteiger charge is -2.34. The van der Waals surface area contributed by atoms with Crippen molar-refractivity contribution in [2.75, 3.05) is 5.01 Å². The number of carbonyl (C=O) groups is 1. The van der Waals surface area contributed by atoms with Crippen molar-refractivity contribution in [1.29, 1.82) is 0 Å². The molecule has 2 fully saturated rings. The molecule has 1 aromatic rings. The number of nitrogens with one attached hydrogen (secondary N) is 2. The van der Waals surface area contributed by atoms with Crippen molar-refractivity contribution >= 4 is 12.0 Å². The number of nitrogens with two attached hydrogens (primary N) is 1. The van der Waals surface area contributed by atoms with E-state index in [0.717, 1.165) is 35.6 Å². The van der Waals surface area contributed by atoms with E-state index in [2.05, 4.69) is 22.2 Å². The molecule has 2 saturated carbocycles. The highest BCUT2D eigenvalue weighted by Crippen LogP contribution is 2.36. The van der Waals surface area contributed by atoms with Gasteiger partial charge in [-0.25, -0.2) is 15.6 Å². The van der Waals surface area contributed by atoms with Crippen molar-refractivity contribution in [3.8, 4) is 0 Å². The molecule has 7 nitrogen and oxygen atoms in total. The maximum atomic E-state index is 12.4. The third kappa shape index (κ3) is 5.54. The Morgan fingerprint density at radius 1 is 1.19 bits per heavy atom. The number of hydrogen-bond donors (Lipinski definition) is 3. The molecular weight excluding hydrogens is 342 g/mol. The van der Waals surface area contributed by atoms with Crippen LogP contribution in [0.25, 0.3) is 0 Å². The van der Waals surface area contributed by atoms with Gasteiger partial charge >= 0.3 is 6.03 Å². The Morgan fingerprint density at radius 3 is 2.37 bits per heavy atom. The molecule has 2 amide bonds. The van der Waals surface area contributed by atoms with Gasteiger partial charge < -0.3 is 5.32 Å². The Hall–Kier alpha value is -1.89. The van der Waals surface area contributed by atoms with E-state index in [1.165, 1.54) is 51.0 Å². The maximum Gasteiger partial charge on any atom is 0.339 e. The number of hydrazine groups is 1. The minimum Gasteiger partial charge on any atom is -0.334 e. The molecule has 0 unspecified atom stereocenters. The van der Waals surface area contributed by atoms with E-state index in [0.29, 0.717) is 5.69 Å². The van der Waals surface area contributed by atoms with Crippen LogP contribution in [0.5, 0.6) is 0 Å². The summed E-state index contributed by atoms with van der Waals surface area (Å²) in [5.74, 6) is 8.51. The van der Waals surface area contributed by atoms with Crippen LogP contribution < -0.4 is 21.7 Å². The largest absolute Gasteiger partial charge is 0.339 e. The van der Waals surface area contributed by atoms with E-state index in [4.69, 9.17) is 5.84 Å². The number of aryl methyl sites for hydroxylation is 1. The van der Waals surface area contributed by atoms with E-state index in [1.807, 2.05) is 0 Å². The van der Waals surface area contributed by atoms with Crippen molar-refractivity contribution in [2.24, 2.45) is 23.6 Å². The van der Waals surface area contributed by atoms with Gasteiger partial charge in [0.25, 0.3) is 5.56 Å². The van der Waals surface area contributed by atoms with Crippen LogP contribution in [0.1, 0.15) is 70.4 Å². The van der Waals surface area contributed by atoms with Crippen LogP contribution >= 0.6 is 0 Å². The molecule has 0 saturated heterocycles. The van der Waals surface area contributed by atoms with Gasteiger partial charge in [-0.1, -0.05) is 32.6 Å². The minimum absolute atomic E-state index is 0.0673. The smallest absolute Gasteiger partial charge is 0.334 e. The van der Waals surface area contributed by atoms with Crippen molar-refractivity contribution < 1.29 is 4.79 Å². The second kappa shape index (κ2) is 8.87.